The standard InChI is InChI=1S/C42H38N12O6S2.ClH/c1-59-37-23-29(11-21-35(37)51-47-41(27-7-3-25(4-8-27)39(43)61)45-49(51)31-13-17-33(18-14-31)53(55)56)30-12-22-36(38(24-30)60-2)52-48-42(28-9-5-26(6-10-28)40(44)62)46-50(52)32-15-19-34(20-16-32)54(57)58;/h3-24,41-42,45-48H,1-2H3,(H2,43,61)(H2,44,62);1H. The molecule has 2 saturated heterocycles. The van der Waals surface area contributed by atoms with Gasteiger partial charge >= 0.3 is 0 Å². The Kier molecular flexibility index (Phi) is 12.8. The molecular formula is C42H39ClN12O6S2. The van der Waals surface area contributed by atoms with Crippen LogP contribution in [0.2, 0.25) is 0 Å². The summed E-state index contributed by atoms with van der Waals surface area (Å²) in [5, 5.41) is 29.9. The number of hydrogen-bond acceptors (Lipinski definition) is 16. The fourth-order valence-corrected chi connectivity index (χ4v) is 7.26. The van der Waals surface area contributed by atoms with Gasteiger partial charge in [0.1, 0.15) is 45.2 Å². The third kappa shape index (κ3) is 8.94. The van der Waals surface area contributed by atoms with Gasteiger partial charge in [-0.25, -0.2) is 10.2 Å². The lowest BCUT2D eigenvalue weighted by atomic mass is 10.0. The van der Waals surface area contributed by atoms with Crippen molar-refractivity contribution >= 4 is 80.9 Å². The molecule has 0 bridgehead atoms. The van der Waals surface area contributed by atoms with Gasteiger partial charge in [-0.1, -0.05) is 85.1 Å². The SMILES string of the molecule is COc1cc(-c2ccc(N3NC(c4ccc(C(N)=S)cc4)NN3c3ccc([N+](=O)[O-])cc3)c(OC)c2)ccc1N1NC(c2ccc(C(N)=S)cc2)NN1c1ccc([N+](=O)[O-])cc1.Cl. The topological polar surface area (TPSA) is 218 Å². The Morgan fingerprint density at radius 2 is 0.873 bits per heavy atom. The number of thiocarbonyl (C=S) groups is 2. The Morgan fingerprint density at radius 1 is 0.540 bits per heavy atom. The van der Waals surface area contributed by atoms with E-state index in [1.165, 1.54) is 24.3 Å². The maximum atomic E-state index is 11.5. The predicted molar refractivity (Wildman–Crippen MR) is 251 cm³/mol. The van der Waals surface area contributed by atoms with Crippen LogP contribution in [0.4, 0.5) is 34.1 Å². The van der Waals surface area contributed by atoms with Gasteiger partial charge in [0.2, 0.25) is 0 Å². The van der Waals surface area contributed by atoms with Crippen LogP contribution < -0.4 is 63.1 Å². The first kappa shape index (κ1) is 43.9. The summed E-state index contributed by atoms with van der Waals surface area (Å²) >= 11 is 10.3. The molecule has 63 heavy (non-hydrogen) atoms. The highest BCUT2D eigenvalue weighted by molar-refractivity contribution is 7.80. The normalized spacial score (nSPS) is 15.8. The lowest BCUT2D eigenvalue weighted by Crippen LogP contribution is -2.45. The Hall–Kier alpha value is -7.17. The number of nitrogens with zero attached hydrogens (tertiary/aromatic N) is 6. The molecule has 0 aliphatic carbocycles. The van der Waals surface area contributed by atoms with Crippen LogP contribution in [-0.2, 0) is 0 Å². The minimum atomic E-state index is -0.448. The number of nitrogens with one attached hydrogen (secondary N) is 4. The number of ether oxygens (including phenoxy) is 2. The van der Waals surface area contributed by atoms with Crippen molar-refractivity contribution in [3.05, 3.63) is 176 Å². The van der Waals surface area contributed by atoms with Crippen LogP contribution in [-0.4, -0.2) is 34.0 Å². The second-order valence-electron chi connectivity index (χ2n) is 13.9. The van der Waals surface area contributed by atoms with Crippen LogP contribution in [0.25, 0.3) is 11.1 Å². The monoisotopic (exact) mass is 906 g/mol. The molecule has 21 heteroatoms. The molecule has 2 aliphatic rings. The summed E-state index contributed by atoms with van der Waals surface area (Å²) in [6, 6.07) is 38.8. The molecule has 322 valence electrons. The third-order valence-electron chi connectivity index (χ3n) is 10.2. The second-order valence-corrected chi connectivity index (χ2v) is 14.8. The summed E-state index contributed by atoms with van der Waals surface area (Å²) in [5.41, 5.74) is 32.8. The number of nitrogens with two attached hydrogens (primary N) is 2. The third-order valence-corrected chi connectivity index (χ3v) is 10.7. The van der Waals surface area contributed by atoms with Crippen molar-refractivity contribution in [2.75, 3.05) is 34.7 Å². The Morgan fingerprint density at radius 3 is 1.17 bits per heavy atom. The van der Waals surface area contributed by atoms with E-state index in [9.17, 15) is 20.2 Å². The summed E-state index contributed by atoms with van der Waals surface area (Å²) in [7, 11) is 3.15. The summed E-state index contributed by atoms with van der Waals surface area (Å²) in [6.07, 6.45) is -0.872. The lowest BCUT2D eigenvalue weighted by Gasteiger charge is -2.30. The van der Waals surface area contributed by atoms with Crippen LogP contribution in [0.15, 0.2) is 133 Å². The van der Waals surface area contributed by atoms with Gasteiger partial charge in [-0.2, -0.15) is 31.9 Å². The number of non-ortho nitro benzene ring substituents is 2. The van der Waals surface area contributed by atoms with Crippen molar-refractivity contribution in [3.8, 4) is 22.6 Å². The smallest absolute Gasteiger partial charge is 0.269 e. The molecule has 0 radical (unpaired) electrons. The van der Waals surface area contributed by atoms with Crippen LogP contribution in [0, 0.1) is 20.2 Å². The van der Waals surface area contributed by atoms with E-state index in [1.54, 1.807) is 59.0 Å². The van der Waals surface area contributed by atoms with Crippen LogP contribution in [0.5, 0.6) is 11.5 Å². The molecule has 0 aromatic heterocycles. The van der Waals surface area contributed by atoms with E-state index in [4.69, 9.17) is 45.4 Å². The summed E-state index contributed by atoms with van der Waals surface area (Å²) in [4.78, 5) is 22.6. The zero-order valence-electron chi connectivity index (χ0n) is 33.4. The number of nitro benzene ring substituents is 2. The second kappa shape index (κ2) is 18.4. The van der Waals surface area contributed by atoms with Gasteiger partial charge in [0.25, 0.3) is 11.4 Å². The fraction of sp³-hybridized carbons (Fsp3) is 0.0952. The van der Waals surface area contributed by atoms with Crippen molar-refractivity contribution in [2.45, 2.75) is 12.3 Å². The number of hydrazine groups is 6. The largest absolute Gasteiger partial charge is 0.494 e. The first-order valence-corrected chi connectivity index (χ1v) is 19.6. The lowest BCUT2D eigenvalue weighted by molar-refractivity contribution is -0.385. The Bertz CT molecular complexity index is 2500. The maximum Gasteiger partial charge on any atom is 0.269 e. The number of nitro groups is 2. The van der Waals surface area contributed by atoms with Crippen molar-refractivity contribution in [3.63, 3.8) is 0 Å². The van der Waals surface area contributed by atoms with Crippen LogP contribution >= 0.6 is 36.8 Å². The molecule has 2 atom stereocenters. The minimum absolute atomic E-state index is 0. The molecule has 0 amide bonds. The van der Waals surface area contributed by atoms with Gasteiger partial charge < -0.3 is 20.9 Å². The molecular weight excluding hydrogens is 868 g/mol. The molecule has 8 rings (SSSR count). The average Bonchev–Trinajstić information content (AvgIpc) is 3.95. The number of anilines is 4. The van der Waals surface area contributed by atoms with Gasteiger partial charge in [0.15, 0.2) is 0 Å². The van der Waals surface area contributed by atoms with Crippen molar-refractivity contribution in [1.82, 2.24) is 21.7 Å². The van der Waals surface area contributed by atoms with Gasteiger partial charge in [-0.05, 0) is 70.8 Å². The summed E-state index contributed by atoms with van der Waals surface area (Å²) in [5.74, 6) is 1.02. The highest BCUT2D eigenvalue weighted by atomic mass is 35.5. The number of rotatable bonds is 13. The van der Waals surface area contributed by atoms with E-state index < -0.39 is 22.2 Å². The minimum Gasteiger partial charge on any atom is -0.494 e. The number of halogens is 1. The zero-order valence-corrected chi connectivity index (χ0v) is 35.8. The Labute approximate surface area is 377 Å². The van der Waals surface area contributed by atoms with Crippen LogP contribution in [0.1, 0.15) is 34.6 Å². The number of benzene rings is 6. The van der Waals surface area contributed by atoms with Crippen molar-refractivity contribution in [1.29, 1.82) is 0 Å². The molecule has 6 aromatic carbocycles. The van der Waals surface area contributed by atoms with Gasteiger partial charge in [-0.15, -0.1) is 12.4 Å². The van der Waals surface area contributed by atoms with E-state index in [1.807, 2.05) is 84.9 Å². The summed E-state index contributed by atoms with van der Waals surface area (Å²) < 4.78 is 12.0. The van der Waals surface area contributed by atoms with E-state index in [0.717, 1.165) is 33.4 Å². The first-order valence-electron chi connectivity index (χ1n) is 18.8. The predicted octanol–water partition coefficient (Wildman–Crippen LogP) is 6.78. The fourth-order valence-electron chi connectivity index (χ4n) is 6.99. The van der Waals surface area contributed by atoms with E-state index >= 15 is 0 Å². The zero-order chi connectivity index (χ0) is 43.7. The molecule has 8 N–H and O–H groups in total. The van der Waals surface area contributed by atoms with Crippen molar-refractivity contribution < 1.29 is 19.3 Å². The quantitative estimate of drug-likeness (QED) is 0.0400. The number of hydrogen-bond donors (Lipinski definition) is 6. The molecule has 2 unspecified atom stereocenters. The van der Waals surface area contributed by atoms with E-state index in [2.05, 4.69) is 21.7 Å². The first-order chi connectivity index (χ1) is 29.9. The van der Waals surface area contributed by atoms with E-state index in [-0.39, 0.29) is 33.8 Å². The molecule has 0 saturated carbocycles. The highest BCUT2D eigenvalue weighted by Crippen LogP contribution is 2.41. The summed E-state index contributed by atoms with van der Waals surface area (Å²) in [6.45, 7) is 0. The molecule has 6 aromatic rings. The molecule has 2 heterocycles. The molecule has 0 spiro atoms. The average molecular weight is 907 g/mol. The van der Waals surface area contributed by atoms with Crippen molar-refractivity contribution in [2.24, 2.45) is 11.5 Å². The Balaban J connectivity index is 0.00000595. The molecule has 2 aliphatic heterocycles. The number of methoxy groups -OCH3 is 2. The van der Waals surface area contributed by atoms with Gasteiger partial charge in [0.05, 0.1) is 35.4 Å². The van der Waals surface area contributed by atoms with Gasteiger partial charge in [-0.3, -0.25) is 20.2 Å². The maximum absolute atomic E-state index is 11.5. The molecule has 2 fully saturated rings. The molecule has 18 nitrogen and oxygen atoms in total. The van der Waals surface area contributed by atoms with Gasteiger partial charge in [0, 0.05) is 35.4 Å². The van der Waals surface area contributed by atoms with Crippen LogP contribution in [0.3, 0.4) is 0 Å². The van der Waals surface area contributed by atoms with E-state index in [0.29, 0.717) is 34.2 Å². The highest BCUT2D eigenvalue weighted by Gasteiger charge is 2.35.